The van der Waals surface area contributed by atoms with E-state index in [0.717, 1.165) is 16.9 Å². The van der Waals surface area contributed by atoms with Crippen LogP contribution in [0, 0.1) is 0 Å². The summed E-state index contributed by atoms with van der Waals surface area (Å²) in [5, 5.41) is 3.25. The number of ether oxygens (including phenoxy) is 1. The molecule has 4 rings (SSSR count). The van der Waals surface area contributed by atoms with E-state index in [1.807, 2.05) is 6.07 Å². The van der Waals surface area contributed by atoms with E-state index in [9.17, 15) is 13.6 Å². The molecule has 0 aliphatic carbocycles. The molecule has 1 aromatic carbocycles. The molecule has 2 saturated heterocycles. The Hall–Kier alpha value is -1.64. The molecule has 2 aliphatic rings. The van der Waals surface area contributed by atoms with Crippen LogP contribution < -0.4 is 5.32 Å². The van der Waals surface area contributed by atoms with E-state index in [1.54, 1.807) is 24.1 Å². The maximum Gasteiger partial charge on any atom is 0.289 e. The summed E-state index contributed by atoms with van der Waals surface area (Å²) in [6.07, 6.45) is -1.69. The van der Waals surface area contributed by atoms with Crippen molar-refractivity contribution in [2.24, 2.45) is 0 Å². The summed E-state index contributed by atoms with van der Waals surface area (Å²) >= 11 is 0.993. The smallest absolute Gasteiger partial charge is 0.289 e. The molecule has 3 heterocycles. The van der Waals surface area contributed by atoms with Gasteiger partial charge in [-0.25, -0.2) is 13.8 Å². The Morgan fingerprint density at radius 3 is 2.88 bits per heavy atom. The van der Waals surface area contributed by atoms with Crippen molar-refractivity contribution >= 4 is 27.5 Å². The number of hydrogen-bond acceptors (Lipinski definition) is 5. The standard InChI is InChI=1S/C16H17F2N3O2S/c1-21-13(20-16(15(21)22)5-7-23-8-6-16)9-3-2-4-10-11(9)24-14(19-10)12(17)18/h2-4,12-13,20H,5-8H2,1H3. The van der Waals surface area contributed by atoms with Crippen molar-refractivity contribution < 1.29 is 18.3 Å². The number of amides is 1. The van der Waals surface area contributed by atoms with Gasteiger partial charge in [-0.3, -0.25) is 10.1 Å². The summed E-state index contributed by atoms with van der Waals surface area (Å²) in [5.41, 5.74) is 0.746. The van der Waals surface area contributed by atoms with Crippen LogP contribution in [0.4, 0.5) is 8.78 Å². The Balaban J connectivity index is 1.76. The molecule has 0 bridgehead atoms. The van der Waals surface area contributed by atoms with Crippen LogP contribution in [0.1, 0.15) is 36.0 Å². The van der Waals surface area contributed by atoms with Gasteiger partial charge in [0, 0.05) is 25.8 Å². The second-order valence-electron chi connectivity index (χ2n) is 6.21. The molecular formula is C16H17F2N3O2S. The summed E-state index contributed by atoms with van der Waals surface area (Å²) in [4.78, 5) is 18.5. The van der Waals surface area contributed by atoms with Crippen LogP contribution in [-0.4, -0.2) is 41.6 Å². The highest BCUT2D eigenvalue weighted by atomic mass is 32.1. The maximum atomic E-state index is 13.0. The van der Waals surface area contributed by atoms with E-state index in [4.69, 9.17) is 4.74 Å². The molecule has 1 spiro atoms. The zero-order valence-corrected chi connectivity index (χ0v) is 13.9. The minimum atomic E-state index is -2.59. The molecule has 0 saturated carbocycles. The number of fused-ring (bicyclic) bond motifs is 1. The Kier molecular flexibility index (Phi) is 3.78. The number of likely N-dealkylation sites (N-methyl/N-ethyl adjacent to an activating group) is 1. The molecule has 1 amide bonds. The molecule has 1 aromatic heterocycles. The van der Waals surface area contributed by atoms with E-state index < -0.39 is 12.0 Å². The third-order valence-corrected chi connectivity index (χ3v) is 5.95. The largest absolute Gasteiger partial charge is 0.381 e. The molecule has 1 atom stereocenters. The average molecular weight is 353 g/mol. The summed E-state index contributed by atoms with van der Waals surface area (Å²) < 4.78 is 32.1. The van der Waals surface area contributed by atoms with Gasteiger partial charge < -0.3 is 9.64 Å². The second kappa shape index (κ2) is 5.72. The molecular weight excluding hydrogens is 336 g/mol. The highest BCUT2D eigenvalue weighted by Gasteiger charge is 2.51. The Morgan fingerprint density at radius 1 is 1.42 bits per heavy atom. The minimum absolute atomic E-state index is 0.0337. The van der Waals surface area contributed by atoms with Crippen molar-refractivity contribution in [1.29, 1.82) is 0 Å². The van der Waals surface area contributed by atoms with E-state index >= 15 is 0 Å². The first-order valence-corrected chi connectivity index (χ1v) is 8.64. The van der Waals surface area contributed by atoms with E-state index in [2.05, 4.69) is 10.3 Å². The maximum absolute atomic E-state index is 13.0. The van der Waals surface area contributed by atoms with Crippen molar-refractivity contribution in [3.63, 3.8) is 0 Å². The van der Waals surface area contributed by atoms with Gasteiger partial charge in [-0.2, -0.15) is 0 Å². The molecule has 2 aromatic rings. The number of alkyl halides is 2. The lowest BCUT2D eigenvalue weighted by molar-refractivity contribution is -0.134. The van der Waals surface area contributed by atoms with Crippen LogP contribution in [0.25, 0.3) is 10.2 Å². The summed E-state index contributed by atoms with van der Waals surface area (Å²) in [5.74, 6) is 0.0337. The van der Waals surface area contributed by atoms with Gasteiger partial charge in [0.2, 0.25) is 5.91 Å². The van der Waals surface area contributed by atoms with Crippen molar-refractivity contribution in [2.45, 2.75) is 31.0 Å². The van der Waals surface area contributed by atoms with Crippen LogP contribution in [0.2, 0.25) is 0 Å². The lowest BCUT2D eigenvalue weighted by Gasteiger charge is -2.31. The zero-order valence-electron chi connectivity index (χ0n) is 13.1. The number of nitrogens with zero attached hydrogens (tertiary/aromatic N) is 2. The normalized spacial score (nSPS) is 23.8. The van der Waals surface area contributed by atoms with E-state index in [-0.39, 0.29) is 17.1 Å². The minimum Gasteiger partial charge on any atom is -0.381 e. The third-order valence-electron chi connectivity index (χ3n) is 4.82. The van der Waals surface area contributed by atoms with Gasteiger partial charge in [-0.15, -0.1) is 11.3 Å². The highest BCUT2D eigenvalue weighted by molar-refractivity contribution is 7.18. The van der Waals surface area contributed by atoms with Crippen molar-refractivity contribution in [3.8, 4) is 0 Å². The fourth-order valence-corrected chi connectivity index (χ4v) is 4.49. The number of rotatable bonds is 2. The SMILES string of the molecule is CN1C(=O)C2(CCOCC2)NC1c1cccc2nc(C(F)F)sc12. The first kappa shape index (κ1) is 15.9. The zero-order chi connectivity index (χ0) is 16.9. The van der Waals surface area contributed by atoms with Crippen LogP contribution in [0.3, 0.4) is 0 Å². The highest BCUT2D eigenvalue weighted by Crippen LogP contribution is 2.40. The quantitative estimate of drug-likeness (QED) is 0.902. The molecule has 1 N–H and O–H groups in total. The van der Waals surface area contributed by atoms with Crippen LogP contribution in [0.5, 0.6) is 0 Å². The summed E-state index contributed by atoms with van der Waals surface area (Å²) in [7, 11) is 1.75. The van der Waals surface area contributed by atoms with Gasteiger partial charge in [-0.1, -0.05) is 12.1 Å². The number of aromatic nitrogens is 1. The summed E-state index contributed by atoms with van der Waals surface area (Å²) in [6.45, 7) is 1.08. The average Bonchev–Trinajstić information content (AvgIpc) is 3.12. The molecule has 5 nitrogen and oxygen atoms in total. The number of halogens is 2. The fraction of sp³-hybridized carbons (Fsp3) is 0.500. The molecule has 1 unspecified atom stereocenters. The molecule has 8 heteroatoms. The third kappa shape index (κ3) is 2.32. The summed E-state index contributed by atoms with van der Waals surface area (Å²) in [6, 6.07) is 5.39. The van der Waals surface area contributed by atoms with Crippen molar-refractivity contribution in [3.05, 3.63) is 28.8 Å². The van der Waals surface area contributed by atoms with E-state index in [1.165, 1.54) is 0 Å². The van der Waals surface area contributed by atoms with E-state index in [0.29, 0.717) is 36.3 Å². The van der Waals surface area contributed by atoms with Crippen LogP contribution in [-0.2, 0) is 9.53 Å². The lowest BCUT2D eigenvalue weighted by atomic mass is 9.90. The number of carbonyl (C=O) groups is 1. The first-order valence-electron chi connectivity index (χ1n) is 7.82. The predicted octanol–water partition coefficient (Wildman–Crippen LogP) is 2.84. The lowest BCUT2D eigenvalue weighted by Crippen LogP contribution is -2.50. The van der Waals surface area contributed by atoms with Gasteiger partial charge in [0.25, 0.3) is 6.43 Å². The predicted molar refractivity (Wildman–Crippen MR) is 86.0 cm³/mol. The molecule has 2 aliphatic heterocycles. The first-order chi connectivity index (χ1) is 11.5. The Morgan fingerprint density at radius 2 is 2.17 bits per heavy atom. The van der Waals surface area contributed by atoms with Crippen LogP contribution in [0.15, 0.2) is 18.2 Å². The van der Waals surface area contributed by atoms with Gasteiger partial charge >= 0.3 is 0 Å². The van der Waals surface area contributed by atoms with Gasteiger partial charge in [-0.05, 0) is 18.9 Å². The van der Waals surface area contributed by atoms with Gasteiger partial charge in [0.05, 0.1) is 10.2 Å². The molecule has 2 fully saturated rings. The van der Waals surface area contributed by atoms with Crippen molar-refractivity contribution in [2.75, 3.05) is 20.3 Å². The van der Waals surface area contributed by atoms with Gasteiger partial charge in [0.1, 0.15) is 11.7 Å². The number of thiazole rings is 1. The second-order valence-corrected chi connectivity index (χ2v) is 7.24. The fourth-order valence-electron chi connectivity index (χ4n) is 3.54. The number of benzene rings is 1. The molecule has 24 heavy (non-hydrogen) atoms. The van der Waals surface area contributed by atoms with Gasteiger partial charge in [0.15, 0.2) is 5.01 Å². The molecule has 128 valence electrons. The Bertz CT molecular complexity index is 789. The van der Waals surface area contributed by atoms with Crippen molar-refractivity contribution in [1.82, 2.24) is 15.2 Å². The number of hydrogen-bond donors (Lipinski definition) is 1. The Labute approximate surface area is 141 Å². The number of nitrogens with one attached hydrogen (secondary N) is 1. The number of carbonyl (C=O) groups excluding carboxylic acids is 1. The molecule has 0 radical (unpaired) electrons. The topological polar surface area (TPSA) is 54.5 Å². The van der Waals surface area contributed by atoms with Crippen LogP contribution >= 0.6 is 11.3 Å². The monoisotopic (exact) mass is 353 g/mol.